The van der Waals surface area contributed by atoms with Gasteiger partial charge in [-0.05, 0) is 13.3 Å². The summed E-state index contributed by atoms with van der Waals surface area (Å²) in [6.45, 7) is 3.44. The number of nitrogens with one attached hydrogen (secondary N) is 2. The molecule has 0 saturated heterocycles. The van der Waals surface area contributed by atoms with Gasteiger partial charge in [0.05, 0.1) is 6.04 Å². The van der Waals surface area contributed by atoms with E-state index in [9.17, 15) is 9.59 Å². The lowest BCUT2D eigenvalue weighted by Gasteiger charge is -2.15. The Bertz CT molecular complexity index is 321. The van der Waals surface area contributed by atoms with E-state index < -0.39 is 5.92 Å². The van der Waals surface area contributed by atoms with Crippen molar-refractivity contribution >= 4 is 12.2 Å². The Morgan fingerprint density at radius 1 is 1.73 bits per heavy atom. The summed E-state index contributed by atoms with van der Waals surface area (Å²) in [6.07, 6.45) is 5.68. The molecule has 0 bridgehead atoms. The molecule has 0 saturated carbocycles. The molecule has 2 unspecified atom stereocenters. The summed E-state index contributed by atoms with van der Waals surface area (Å²) in [5.41, 5.74) is 0. The van der Waals surface area contributed by atoms with Crippen LogP contribution in [0.15, 0.2) is 12.4 Å². The summed E-state index contributed by atoms with van der Waals surface area (Å²) in [5, 5.41) is 2.72. The highest BCUT2D eigenvalue weighted by Crippen LogP contribution is 2.11. The first kappa shape index (κ1) is 11.4. The van der Waals surface area contributed by atoms with Gasteiger partial charge in [-0.15, -0.1) is 0 Å². The van der Waals surface area contributed by atoms with E-state index in [0.29, 0.717) is 12.2 Å². The molecule has 1 heterocycles. The lowest BCUT2D eigenvalue weighted by molar-refractivity contribution is -0.123. The second-order valence-electron chi connectivity index (χ2n) is 3.28. The largest absolute Gasteiger partial charge is 0.347 e. The third-order valence-electron chi connectivity index (χ3n) is 2.14. The van der Waals surface area contributed by atoms with Gasteiger partial charge in [-0.25, -0.2) is 4.98 Å². The fourth-order valence-electron chi connectivity index (χ4n) is 1.18. The Labute approximate surface area is 88.3 Å². The van der Waals surface area contributed by atoms with Gasteiger partial charge in [0.2, 0.25) is 12.2 Å². The number of hydrogen-bond acceptors (Lipinski definition) is 3. The van der Waals surface area contributed by atoms with Gasteiger partial charge in [-0.1, -0.05) is 6.92 Å². The number of hydrogen-bond donors (Lipinski definition) is 2. The molecular weight excluding hydrogens is 194 g/mol. The van der Waals surface area contributed by atoms with Crippen LogP contribution in [-0.4, -0.2) is 22.2 Å². The quantitative estimate of drug-likeness (QED) is 0.700. The van der Waals surface area contributed by atoms with Crippen molar-refractivity contribution in [2.24, 2.45) is 5.92 Å². The topological polar surface area (TPSA) is 74.8 Å². The van der Waals surface area contributed by atoms with E-state index in [1.54, 1.807) is 18.7 Å². The zero-order valence-electron chi connectivity index (χ0n) is 8.78. The summed E-state index contributed by atoms with van der Waals surface area (Å²) in [4.78, 5) is 28.7. The first-order chi connectivity index (χ1) is 7.19. The van der Waals surface area contributed by atoms with Crippen molar-refractivity contribution in [2.45, 2.75) is 26.3 Å². The number of H-pyrrole nitrogens is 1. The van der Waals surface area contributed by atoms with Crippen LogP contribution < -0.4 is 5.32 Å². The Balaban J connectivity index is 2.62. The van der Waals surface area contributed by atoms with Crippen LogP contribution in [0, 0.1) is 5.92 Å². The molecule has 0 aromatic carbocycles. The highest BCUT2D eigenvalue weighted by atomic mass is 16.2. The first-order valence-electron chi connectivity index (χ1n) is 4.86. The maximum Gasteiger partial charge on any atom is 0.231 e. The van der Waals surface area contributed by atoms with Gasteiger partial charge in [0.1, 0.15) is 11.7 Å². The molecule has 0 aliphatic heterocycles. The molecule has 1 rings (SSSR count). The van der Waals surface area contributed by atoms with Gasteiger partial charge in [-0.3, -0.25) is 9.59 Å². The third kappa shape index (κ3) is 2.90. The zero-order valence-corrected chi connectivity index (χ0v) is 8.78. The minimum absolute atomic E-state index is 0.178. The maximum absolute atomic E-state index is 11.4. The molecule has 1 aromatic rings. The molecule has 0 fully saturated rings. The molecule has 81 valence electrons. The predicted octanol–water partition coefficient (Wildman–Crippen LogP) is 0.723. The van der Waals surface area contributed by atoms with Crippen LogP contribution in [0.1, 0.15) is 32.1 Å². The SMILES string of the molecule is CCC(NC(=O)C(C)[C]=O)c1ncc[nH]1. The first-order valence-corrected chi connectivity index (χ1v) is 4.86. The number of nitrogens with zero attached hydrogens (tertiary/aromatic N) is 1. The molecule has 5 nitrogen and oxygen atoms in total. The molecule has 0 aliphatic carbocycles. The van der Waals surface area contributed by atoms with Gasteiger partial charge >= 0.3 is 0 Å². The molecule has 2 N–H and O–H groups in total. The lowest BCUT2D eigenvalue weighted by Crippen LogP contribution is -2.33. The fraction of sp³-hybridized carbons (Fsp3) is 0.500. The van der Waals surface area contributed by atoms with Crippen LogP contribution in [0.5, 0.6) is 0 Å². The van der Waals surface area contributed by atoms with Crippen molar-refractivity contribution in [1.29, 1.82) is 0 Å². The van der Waals surface area contributed by atoms with E-state index in [2.05, 4.69) is 15.3 Å². The smallest absolute Gasteiger partial charge is 0.231 e. The Morgan fingerprint density at radius 2 is 2.47 bits per heavy atom. The normalized spacial score (nSPS) is 14.3. The van der Waals surface area contributed by atoms with Gasteiger partial charge in [0, 0.05) is 12.4 Å². The number of rotatable bonds is 5. The summed E-state index contributed by atoms with van der Waals surface area (Å²) in [5.74, 6) is -0.369. The van der Waals surface area contributed by atoms with Crippen molar-refractivity contribution in [3.8, 4) is 0 Å². The van der Waals surface area contributed by atoms with Gasteiger partial charge in [-0.2, -0.15) is 0 Å². The van der Waals surface area contributed by atoms with E-state index in [1.807, 2.05) is 6.92 Å². The number of amides is 1. The number of aromatic nitrogens is 2. The summed E-state index contributed by atoms with van der Waals surface area (Å²) in [7, 11) is 0. The average molecular weight is 208 g/mol. The van der Waals surface area contributed by atoms with Gasteiger partial charge in [0.25, 0.3) is 0 Å². The third-order valence-corrected chi connectivity index (χ3v) is 2.14. The molecule has 1 aromatic heterocycles. The van der Waals surface area contributed by atoms with E-state index in [0.717, 1.165) is 0 Å². The highest BCUT2D eigenvalue weighted by molar-refractivity contribution is 5.91. The molecular formula is C10H14N3O2. The number of carbonyl (C=O) groups is 1. The lowest BCUT2D eigenvalue weighted by atomic mass is 10.1. The fourth-order valence-corrected chi connectivity index (χ4v) is 1.18. The maximum atomic E-state index is 11.4. The van der Waals surface area contributed by atoms with Crippen LogP contribution in [0.2, 0.25) is 0 Å². The molecule has 2 atom stereocenters. The van der Waals surface area contributed by atoms with Crippen LogP contribution >= 0.6 is 0 Å². The number of aromatic amines is 1. The molecule has 5 heteroatoms. The molecule has 1 amide bonds. The van der Waals surface area contributed by atoms with Crippen molar-refractivity contribution < 1.29 is 9.59 Å². The van der Waals surface area contributed by atoms with Crippen LogP contribution in [0.25, 0.3) is 0 Å². The van der Waals surface area contributed by atoms with E-state index in [1.165, 1.54) is 6.92 Å². The van der Waals surface area contributed by atoms with Crippen LogP contribution in [-0.2, 0) is 9.59 Å². The summed E-state index contributed by atoms with van der Waals surface area (Å²) >= 11 is 0. The van der Waals surface area contributed by atoms with Gasteiger partial charge in [0.15, 0.2) is 0 Å². The molecule has 15 heavy (non-hydrogen) atoms. The zero-order chi connectivity index (χ0) is 11.3. The van der Waals surface area contributed by atoms with E-state index >= 15 is 0 Å². The Morgan fingerprint density at radius 3 is 2.93 bits per heavy atom. The molecule has 1 radical (unpaired) electrons. The predicted molar refractivity (Wildman–Crippen MR) is 54.6 cm³/mol. The second kappa shape index (κ2) is 5.29. The Kier molecular flexibility index (Phi) is 4.03. The van der Waals surface area contributed by atoms with Crippen molar-refractivity contribution in [3.05, 3.63) is 18.2 Å². The van der Waals surface area contributed by atoms with E-state index in [4.69, 9.17) is 0 Å². The summed E-state index contributed by atoms with van der Waals surface area (Å²) in [6, 6.07) is -0.178. The Hall–Kier alpha value is -1.65. The van der Waals surface area contributed by atoms with Gasteiger partial charge < -0.3 is 10.3 Å². The summed E-state index contributed by atoms with van der Waals surface area (Å²) < 4.78 is 0. The monoisotopic (exact) mass is 208 g/mol. The minimum Gasteiger partial charge on any atom is -0.347 e. The van der Waals surface area contributed by atoms with E-state index in [-0.39, 0.29) is 11.9 Å². The highest BCUT2D eigenvalue weighted by Gasteiger charge is 2.18. The van der Waals surface area contributed by atoms with Crippen molar-refractivity contribution in [2.75, 3.05) is 0 Å². The minimum atomic E-state index is -0.742. The van der Waals surface area contributed by atoms with Crippen LogP contribution in [0.4, 0.5) is 0 Å². The average Bonchev–Trinajstić information content (AvgIpc) is 2.77. The standard InChI is InChI=1S/C10H14N3O2/c1-3-8(9-11-4-5-12-9)13-10(15)7(2)6-14/h4-5,7-8H,3H2,1-2H3,(H,11,12)(H,13,15). The molecule has 0 spiro atoms. The van der Waals surface area contributed by atoms with Crippen molar-refractivity contribution in [1.82, 2.24) is 15.3 Å². The number of carbonyl (C=O) groups excluding carboxylic acids is 2. The second-order valence-corrected chi connectivity index (χ2v) is 3.28. The number of imidazole rings is 1. The van der Waals surface area contributed by atoms with Crippen molar-refractivity contribution in [3.63, 3.8) is 0 Å². The molecule has 0 aliphatic rings. The van der Waals surface area contributed by atoms with Crippen LogP contribution in [0.3, 0.4) is 0 Å².